The standard InChI is InChI=1S/C15H22N2O3S/c1-3-12(11-21-2)16-15(20)17(10-9-14(18)19)13-7-5-4-6-8-13/h4-8,12H,3,9-11H2,1-2H3,(H,16,20)(H,18,19). The highest BCUT2D eigenvalue weighted by molar-refractivity contribution is 7.98. The number of nitrogens with zero attached hydrogens (tertiary/aromatic N) is 1. The SMILES string of the molecule is CCC(CSC)NC(=O)N(CCC(=O)O)c1ccccc1. The Morgan fingerprint density at radius 3 is 2.52 bits per heavy atom. The van der Waals surface area contributed by atoms with Crippen LogP contribution in [0.4, 0.5) is 10.5 Å². The summed E-state index contributed by atoms with van der Waals surface area (Å²) in [4.78, 5) is 24.7. The number of nitrogens with one attached hydrogen (secondary N) is 1. The quantitative estimate of drug-likeness (QED) is 0.774. The van der Waals surface area contributed by atoms with Crippen molar-refractivity contribution in [3.05, 3.63) is 30.3 Å². The Kier molecular flexibility index (Phi) is 7.68. The number of anilines is 1. The zero-order valence-electron chi connectivity index (χ0n) is 12.4. The number of carboxylic acids is 1. The molecule has 0 fully saturated rings. The molecule has 1 aromatic carbocycles. The number of carbonyl (C=O) groups excluding carboxylic acids is 1. The van der Waals surface area contributed by atoms with Crippen LogP contribution in [0.15, 0.2) is 30.3 Å². The number of rotatable bonds is 8. The second kappa shape index (κ2) is 9.28. The molecular weight excluding hydrogens is 288 g/mol. The largest absolute Gasteiger partial charge is 0.481 e. The zero-order chi connectivity index (χ0) is 15.7. The van der Waals surface area contributed by atoms with Crippen molar-refractivity contribution >= 4 is 29.4 Å². The van der Waals surface area contributed by atoms with Crippen molar-refractivity contribution in [2.75, 3.05) is 23.5 Å². The Bertz CT molecular complexity index is 453. The van der Waals surface area contributed by atoms with Gasteiger partial charge in [-0.2, -0.15) is 11.8 Å². The van der Waals surface area contributed by atoms with E-state index in [1.807, 2.05) is 31.4 Å². The summed E-state index contributed by atoms with van der Waals surface area (Å²) in [6.07, 6.45) is 2.75. The first kappa shape index (κ1) is 17.4. The molecule has 2 N–H and O–H groups in total. The van der Waals surface area contributed by atoms with E-state index in [9.17, 15) is 9.59 Å². The van der Waals surface area contributed by atoms with E-state index in [0.29, 0.717) is 5.69 Å². The Balaban J connectivity index is 2.80. The van der Waals surface area contributed by atoms with E-state index in [2.05, 4.69) is 5.32 Å². The summed E-state index contributed by atoms with van der Waals surface area (Å²) in [5.41, 5.74) is 0.704. The molecule has 6 heteroatoms. The van der Waals surface area contributed by atoms with Crippen LogP contribution >= 0.6 is 11.8 Å². The first-order chi connectivity index (χ1) is 10.1. The average Bonchev–Trinajstić information content (AvgIpc) is 2.47. The Labute approximate surface area is 129 Å². The summed E-state index contributed by atoms with van der Waals surface area (Å²) in [7, 11) is 0. The number of hydrogen-bond acceptors (Lipinski definition) is 3. The van der Waals surface area contributed by atoms with Gasteiger partial charge in [0.2, 0.25) is 0 Å². The van der Waals surface area contributed by atoms with Gasteiger partial charge in [-0.3, -0.25) is 9.69 Å². The number of urea groups is 1. The second-order valence-corrected chi connectivity index (χ2v) is 5.55. The van der Waals surface area contributed by atoms with E-state index in [-0.39, 0.29) is 25.0 Å². The minimum Gasteiger partial charge on any atom is -0.481 e. The summed E-state index contributed by atoms with van der Waals surface area (Å²) in [5.74, 6) is -0.0797. The number of para-hydroxylation sites is 1. The maximum atomic E-state index is 12.4. The number of aliphatic carboxylic acids is 1. The number of carbonyl (C=O) groups is 2. The van der Waals surface area contributed by atoms with Gasteiger partial charge in [0.25, 0.3) is 0 Å². The molecule has 0 heterocycles. The zero-order valence-corrected chi connectivity index (χ0v) is 13.2. The lowest BCUT2D eigenvalue weighted by Crippen LogP contribution is -2.46. The second-order valence-electron chi connectivity index (χ2n) is 4.64. The van der Waals surface area contributed by atoms with Crippen molar-refractivity contribution < 1.29 is 14.7 Å². The number of thioether (sulfide) groups is 1. The predicted octanol–water partition coefficient (Wildman–Crippen LogP) is 2.82. The van der Waals surface area contributed by atoms with Crippen LogP contribution in [-0.4, -0.2) is 41.7 Å². The van der Waals surface area contributed by atoms with Crippen LogP contribution in [0.3, 0.4) is 0 Å². The van der Waals surface area contributed by atoms with Gasteiger partial charge in [-0.15, -0.1) is 0 Å². The van der Waals surface area contributed by atoms with Crippen LogP contribution in [0.25, 0.3) is 0 Å². The van der Waals surface area contributed by atoms with Gasteiger partial charge in [-0.1, -0.05) is 25.1 Å². The molecule has 0 aliphatic heterocycles. The fourth-order valence-electron chi connectivity index (χ4n) is 1.88. The van der Waals surface area contributed by atoms with E-state index >= 15 is 0 Å². The molecule has 1 rings (SSSR count). The van der Waals surface area contributed by atoms with E-state index in [0.717, 1.165) is 12.2 Å². The van der Waals surface area contributed by atoms with Crippen molar-refractivity contribution in [3.63, 3.8) is 0 Å². The van der Waals surface area contributed by atoms with E-state index in [4.69, 9.17) is 5.11 Å². The van der Waals surface area contributed by atoms with E-state index in [1.165, 1.54) is 4.90 Å². The number of hydrogen-bond donors (Lipinski definition) is 2. The first-order valence-corrected chi connectivity index (χ1v) is 8.31. The van der Waals surface area contributed by atoms with Crippen LogP contribution in [0.5, 0.6) is 0 Å². The van der Waals surface area contributed by atoms with Gasteiger partial charge in [-0.05, 0) is 24.8 Å². The van der Waals surface area contributed by atoms with Crippen LogP contribution in [0.2, 0.25) is 0 Å². The third kappa shape index (κ3) is 6.08. The van der Waals surface area contributed by atoms with Crippen molar-refractivity contribution in [1.29, 1.82) is 0 Å². The average molecular weight is 310 g/mol. The topological polar surface area (TPSA) is 69.6 Å². The smallest absolute Gasteiger partial charge is 0.322 e. The summed E-state index contributed by atoms with van der Waals surface area (Å²) in [6, 6.07) is 8.96. The molecule has 0 saturated carbocycles. The van der Waals surface area contributed by atoms with Crippen molar-refractivity contribution in [2.24, 2.45) is 0 Å². The van der Waals surface area contributed by atoms with Crippen LogP contribution in [0, 0.1) is 0 Å². The molecule has 21 heavy (non-hydrogen) atoms. The van der Waals surface area contributed by atoms with Gasteiger partial charge in [-0.25, -0.2) is 4.79 Å². The van der Waals surface area contributed by atoms with Crippen molar-refractivity contribution in [1.82, 2.24) is 5.32 Å². The fourth-order valence-corrected chi connectivity index (χ4v) is 2.60. The third-order valence-electron chi connectivity index (χ3n) is 3.05. The van der Waals surface area contributed by atoms with Gasteiger partial charge in [0.15, 0.2) is 0 Å². The molecule has 0 bridgehead atoms. The highest BCUT2D eigenvalue weighted by Gasteiger charge is 2.19. The lowest BCUT2D eigenvalue weighted by molar-refractivity contribution is -0.136. The molecule has 0 saturated heterocycles. The van der Waals surface area contributed by atoms with E-state index in [1.54, 1.807) is 23.9 Å². The first-order valence-electron chi connectivity index (χ1n) is 6.92. The Hall–Kier alpha value is -1.69. The molecule has 1 unspecified atom stereocenters. The molecule has 2 amide bonds. The molecule has 1 atom stereocenters. The molecule has 116 valence electrons. The monoisotopic (exact) mass is 310 g/mol. The summed E-state index contributed by atoms with van der Waals surface area (Å²) in [6.45, 7) is 2.17. The van der Waals surface area contributed by atoms with Gasteiger partial charge in [0.1, 0.15) is 0 Å². The highest BCUT2D eigenvalue weighted by Crippen LogP contribution is 2.14. The number of amides is 2. The maximum absolute atomic E-state index is 12.4. The molecule has 1 aromatic rings. The van der Waals surface area contributed by atoms with Crippen LogP contribution in [0.1, 0.15) is 19.8 Å². The molecule has 5 nitrogen and oxygen atoms in total. The highest BCUT2D eigenvalue weighted by atomic mass is 32.2. The molecule has 0 aromatic heterocycles. The van der Waals surface area contributed by atoms with Gasteiger partial charge in [0.05, 0.1) is 6.42 Å². The predicted molar refractivity (Wildman–Crippen MR) is 87.0 cm³/mol. The van der Waals surface area contributed by atoms with Crippen LogP contribution < -0.4 is 10.2 Å². The minimum atomic E-state index is -0.917. The fraction of sp³-hybridized carbons (Fsp3) is 0.467. The molecule has 0 aliphatic rings. The van der Waals surface area contributed by atoms with Crippen molar-refractivity contribution in [3.8, 4) is 0 Å². The number of benzene rings is 1. The lowest BCUT2D eigenvalue weighted by Gasteiger charge is -2.25. The Morgan fingerprint density at radius 2 is 2.00 bits per heavy atom. The van der Waals surface area contributed by atoms with Gasteiger partial charge < -0.3 is 10.4 Å². The molecular formula is C15H22N2O3S. The van der Waals surface area contributed by atoms with Gasteiger partial charge >= 0.3 is 12.0 Å². The summed E-state index contributed by atoms with van der Waals surface area (Å²) < 4.78 is 0. The summed E-state index contributed by atoms with van der Waals surface area (Å²) in [5, 5.41) is 11.8. The van der Waals surface area contributed by atoms with Crippen LogP contribution in [-0.2, 0) is 4.79 Å². The third-order valence-corrected chi connectivity index (χ3v) is 3.79. The number of carboxylic acid groups (broad SMARTS) is 1. The molecule has 0 spiro atoms. The minimum absolute atomic E-state index is 0.0817. The Morgan fingerprint density at radius 1 is 1.33 bits per heavy atom. The lowest BCUT2D eigenvalue weighted by atomic mass is 10.2. The maximum Gasteiger partial charge on any atom is 0.322 e. The molecule has 0 radical (unpaired) electrons. The van der Waals surface area contributed by atoms with Gasteiger partial charge in [0, 0.05) is 24.0 Å². The van der Waals surface area contributed by atoms with E-state index < -0.39 is 5.97 Å². The summed E-state index contributed by atoms with van der Waals surface area (Å²) >= 11 is 1.67. The van der Waals surface area contributed by atoms with Crippen molar-refractivity contribution in [2.45, 2.75) is 25.8 Å². The molecule has 0 aliphatic carbocycles. The normalized spacial score (nSPS) is 11.7.